The summed E-state index contributed by atoms with van der Waals surface area (Å²) in [6.07, 6.45) is 0. The van der Waals surface area contributed by atoms with Gasteiger partial charge in [0.05, 0.1) is 6.54 Å². The van der Waals surface area contributed by atoms with E-state index < -0.39 is 10.9 Å². The lowest BCUT2D eigenvalue weighted by molar-refractivity contribution is -0.117. The fraction of sp³-hybridized carbons (Fsp3) is 0.500. The van der Waals surface area contributed by atoms with Crippen LogP contribution < -0.4 is 5.53 Å². The molecule has 1 N–H and O–H groups in total. The Bertz CT molecular complexity index is 201. The number of nitrogens with zero attached hydrogens (tertiary/aromatic N) is 3. The third-order valence-corrected chi connectivity index (χ3v) is 1.90. The zero-order chi connectivity index (χ0) is 7.56. The van der Waals surface area contributed by atoms with Gasteiger partial charge < -0.3 is 0 Å². The first kappa shape index (κ1) is 7.36. The lowest BCUT2D eigenvalue weighted by Crippen LogP contribution is -2.29. The molecule has 1 heterocycles. The average molecular weight is 160 g/mol. The summed E-state index contributed by atoms with van der Waals surface area (Å²) in [5.74, 6) is 3.72. The molecule has 0 fully saturated rings. The molecule has 1 unspecified atom stereocenters. The van der Waals surface area contributed by atoms with Crippen LogP contribution in [0.3, 0.4) is 0 Å². The monoisotopic (exact) mass is 160 g/mol. The standard InChI is InChI=1S/C4H8N4OS/c1-4(9)3-8-6-5-7-10(8)2/h2-3H2,1H3,(H,6,7). The van der Waals surface area contributed by atoms with E-state index in [1.54, 1.807) is 4.41 Å². The number of carbonyl (C=O) groups is 1. The van der Waals surface area contributed by atoms with Crippen molar-refractivity contribution in [1.29, 1.82) is 0 Å². The Morgan fingerprint density at radius 3 is 3.00 bits per heavy atom. The second-order valence-electron chi connectivity index (χ2n) is 1.86. The molecule has 0 bridgehead atoms. The largest absolute Gasteiger partial charge is 0.298 e. The van der Waals surface area contributed by atoms with Crippen molar-refractivity contribution in [3.63, 3.8) is 0 Å². The van der Waals surface area contributed by atoms with Gasteiger partial charge in [0.2, 0.25) is 0 Å². The van der Waals surface area contributed by atoms with Crippen LogP contribution in [0.1, 0.15) is 6.92 Å². The van der Waals surface area contributed by atoms with E-state index in [0.717, 1.165) is 0 Å². The molecule has 0 aliphatic carbocycles. The van der Waals surface area contributed by atoms with Crippen LogP contribution in [0.2, 0.25) is 0 Å². The van der Waals surface area contributed by atoms with E-state index in [1.165, 1.54) is 6.92 Å². The molecule has 0 aromatic rings. The summed E-state index contributed by atoms with van der Waals surface area (Å²) in [5.41, 5.74) is 2.56. The summed E-state index contributed by atoms with van der Waals surface area (Å²) in [6, 6.07) is 0. The molecular weight excluding hydrogens is 152 g/mol. The smallest absolute Gasteiger partial charge is 0.146 e. The Morgan fingerprint density at radius 1 is 1.90 bits per heavy atom. The maximum absolute atomic E-state index is 10.6. The molecule has 0 amide bonds. The van der Waals surface area contributed by atoms with Gasteiger partial charge in [-0.1, -0.05) is 4.52 Å². The topological polar surface area (TPSA) is 57.1 Å². The Morgan fingerprint density at radius 2 is 2.60 bits per heavy atom. The van der Waals surface area contributed by atoms with Gasteiger partial charge in [-0.2, -0.15) is 0 Å². The minimum Gasteiger partial charge on any atom is -0.298 e. The van der Waals surface area contributed by atoms with Gasteiger partial charge in [-0.25, -0.2) is 5.53 Å². The first-order valence-electron chi connectivity index (χ1n) is 2.67. The highest BCUT2D eigenvalue weighted by molar-refractivity contribution is 8.10. The van der Waals surface area contributed by atoms with Crippen LogP contribution in [0.4, 0.5) is 0 Å². The molecule has 0 spiro atoms. The van der Waals surface area contributed by atoms with E-state index >= 15 is 0 Å². The van der Waals surface area contributed by atoms with Crippen LogP contribution in [0, 0.1) is 0 Å². The van der Waals surface area contributed by atoms with E-state index in [0.29, 0.717) is 6.54 Å². The van der Waals surface area contributed by atoms with Crippen molar-refractivity contribution >= 4 is 22.5 Å². The predicted molar refractivity (Wildman–Crippen MR) is 40.1 cm³/mol. The Balaban J connectivity index is 2.45. The molecule has 1 atom stereocenters. The van der Waals surface area contributed by atoms with Gasteiger partial charge >= 0.3 is 0 Å². The van der Waals surface area contributed by atoms with E-state index in [4.69, 9.17) is 0 Å². The van der Waals surface area contributed by atoms with Gasteiger partial charge in [0.25, 0.3) is 0 Å². The number of hydrazine groups is 1. The van der Waals surface area contributed by atoms with E-state index in [2.05, 4.69) is 21.1 Å². The number of carbonyl (C=O) groups excluding carboxylic acids is 1. The first-order chi connectivity index (χ1) is 4.70. The van der Waals surface area contributed by atoms with E-state index in [-0.39, 0.29) is 5.78 Å². The van der Waals surface area contributed by atoms with Gasteiger partial charge in [-0.3, -0.25) is 4.79 Å². The van der Waals surface area contributed by atoms with Crippen LogP contribution >= 0.6 is 10.9 Å². The first-order valence-corrected chi connectivity index (χ1v) is 3.98. The molecule has 5 nitrogen and oxygen atoms in total. The molecule has 1 aliphatic rings. The number of Topliss-reactive ketones (excluding diaryl/α,β-unsaturated/α-hetero) is 1. The molecule has 1 rings (SSSR count). The van der Waals surface area contributed by atoms with Crippen molar-refractivity contribution < 1.29 is 4.79 Å². The summed E-state index contributed by atoms with van der Waals surface area (Å²) in [5, 5.41) is 3.50. The van der Waals surface area contributed by atoms with Crippen molar-refractivity contribution in [2.24, 2.45) is 9.74 Å². The maximum Gasteiger partial charge on any atom is 0.146 e. The van der Waals surface area contributed by atoms with Crippen LogP contribution in [-0.4, -0.2) is 22.6 Å². The Labute approximate surface area is 61.3 Å². The van der Waals surface area contributed by atoms with Crippen LogP contribution in [0.5, 0.6) is 0 Å². The van der Waals surface area contributed by atoms with Crippen molar-refractivity contribution in [3.8, 4) is 0 Å². The fourth-order valence-corrected chi connectivity index (χ4v) is 1.20. The van der Waals surface area contributed by atoms with Gasteiger partial charge in [0.15, 0.2) is 0 Å². The second-order valence-corrected chi connectivity index (χ2v) is 3.14. The zero-order valence-corrected chi connectivity index (χ0v) is 6.39. The minimum absolute atomic E-state index is 0.0703. The van der Waals surface area contributed by atoms with Crippen molar-refractivity contribution in [2.75, 3.05) is 6.54 Å². The third-order valence-electron chi connectivity index (χ3n) is 0.912. The number of rotatable bonds is 2. The number of hydrogen-bond donors (Lipinski definition) is 1. The summed E-state index contributed by atoms with van der Waals surface area (Å²) < 4.78 is 5.26. The van der Waals surface area contributed by atoms with Crippen molar-refractivity contribution in [3.05, 3.63) is 0 Å². The molecular formula is C4H8N4OS. The molecule has 56 valence electrons. The van der Waals surface area contributed by atoms with Crippen LogP contribution in [0.25, 0.3) is 0 Å². The number of nitrogens with one attached hydrogen (secondary N) is 1. The summed E-state index contributed by atoms with van der Waals surface area (Å²) >= 11 is 0. The Kier molecular flexibility index (Phi) is 2.13. The summed E-state index contributed by atoms with van der Waals surface area (Å²) in [6.45, 7) is 1.82. The lowest BCUT2D eigenvalue weighted by atomic mass is 10.5. The van der Waals surface area contributed by atoms with Gasteiger partial charge in [0.1, 0.15) is 5.78 Å². The highest BCUT2D eigenvalue weighted by atomic mass is 32.2. The minimum atomic E-state index is -0.521. The van der Waals surface area contributed by atoms with Crippen molar-refractivity contribution in [1.82, 2.24) is 9.95 Å². The zero-order valence-electron chi connectivity index (χ0n) is 5.57. The lowest BCUT2D eigenvalue weighted by Gasteiger charge is -2.10. The maximum atomic E-state index is 10.6. The second kappa shape index (κ2) is 2.89. The molecule has 0 saturated carbocycles. The Hall–Kier alpha value is -0.750. The molecule has 0 radical (unpaired) electrons. The molecule has 6 heteroatoms. The highest BCUT2D eigenvalue weighted by Gasteiger charge is 2.12. The highest BCUT2D eigenvalue weighted by Crippen LogP contribution is 2.20. The number of ketones is 1. The fourth-order valence-electron chi connectivity index (χ4n) is 0.519. The molecule has 1 aliphatic heterocycles. The quantitative estimate of drug-likeness (QED) is 0.591. The van der Waals surface area contributed by atoms with E-state index in [9.17, 15) is 4.79 Å². The molecule has 0 saturated heterocycles. The van der Waals surface area contributed by atoms with Crippen molar-refractivity contribution in [2.45, 2.75) is 6.92 Å². The summed E-state index contributed by atoms with van der Waals surface area (Å²) in [4.78, 5) is 10.6. The average Bonchev–Trinajstić information content (AvgIpc) is 2.15. The normalized spacial score (nSPS) is 24.7. The molecule has 10 heavy (non-hydrogen) atoms. The van der Waals surface area contributed by atoms with Gasteiger partial charge in [-0.15, -0.1) is 4.41 Å². The molecule has 0 aromatic heterocycles. The predicted octanol–water partition coefficient (Wildman–Crippen LogP) is 0.294. The van der Waals surface area contributed by atoms with Gasteiger partial charge in [0, 0.05) is 10.9 Å². The van der Waals surface area contributed by atoms with Crippen LogP contribution in [0.15, 0.2) is 9.74 Å². The molecule has 0 aromatic carbocycles. The SMILES string of the molecule is C=S1N=NNN1CC(C)=O. The third kappa shape index (κ3) is 1.61. The summed E-state index contributed by atoms with van der Waals surface area (Å²) in [7, 11) is -0.521. The number of hydrogen-bond acceptors (Lipinski definition) is 5. The van der Waals surface area contributed by atoms with Gasteiger partial charge in [-0.05, 0) is 18.0 Å². The van der Waals surface area contributed by atoms with E-state index in [1.807, 2.05) is 0 Å². The van der Waals surface area contributed by atoms with Crippen LogP contribution in [-0.2, 0) is 4.79 Å².